The minimum atomic E-state index is -5.12. The van der Waals surface area contributed by atoms with Crippen LogP contribution in [-0.4, -0.2) is 75.9 Å². The third-order valence-corrected chi connectivity index (χ3v) is 9.99. The first-order valence-corrected chi connectivity index (χ1v) is 16.2. The summed E-state index contributed by atoms with van der Waals surface area (Å²) in [6, 6.07) is 4.80. The van der Waals surface area contributed by atoms with E-state index in [9.17, 15) is 14.3 Å². The highest BCUT2D eigenvalue weighted by atomic mass is 19.4. The van der Waals surface area contributed by atoms with E-state index in [1.807, 2.05) is 0 Å². The van der Waals surface area contributed by atoms with Gasteiger partial charge in [-0.15, -0.1) is 6.42 Å². The summed E-state index contributed by atoms with van der Waals surface area (Å²) in [4.78, 5) is 27.4. The van der Waals surface area contributed by atoms with Gasteiger partial charge in [0.25, 0.3) is 5.56 Å². The number of rotatable bonds is 7. The summed E-state index contributed by atoms with van der Waals surface area (Å²) >= 11 is 0. The van der Waals surface area contributed by atoms with Crippen LogP contribution in [0, 0.1) is 23.6 Å². The lowest BCUT2D eigenvalue weighted by Gasteiger charge is -2.34. The highest BCUT2D eigenvalue weighted by Crippen LogP contribution is 2.47. The Balaban J connectivity index is 1.36. The van der Waals surface area contributed by atoms with Gasteiger partial charge in [-0.1, -0.05) is 12.0 Å². The Labute approximate surface area is 276 Å². The van der Waals surface area contributed by atoms with Gasteiger partial charge in [0.1, 0.15) is 28.6 Å². The standard InChI is InChI=1S/C35H34F4N6O3/c1-2-24-26(36)8-5-20-13-23(46)14-27(29(20)24)45-28(35(37,38)39)15-25-30(32(45)47)41-33(42-31(25)44-16-21-6-7-22(17-44)40-21)48-19-34(9-10-34)18-43-11-3-4-12-43/h1,5,8,13-15,21-22,40,46H,3-4,6-7,9-12,16-19H2/t21-,22+/i19D2. The molecule has 4 aliphatic rings. The van der Waals surface area contributed by atoms with Crippen molar-refractivity contribution in [3.63, 3.8) is 0 Å². The fourth-order valence-corrected chi connectivity index (χ4v) is 7.54. The number of hydrogen-bond donors (Lipinski definition) is 2. The van der Waals surface area contributed by atoms with Crippen LogP contribution in [0.4, 0.5) is 23.4 Å². The smallest absolute Gasteiger partial charge is 0.431 e. The number of likely N-dealkylation sites (tertiary alicyclic amines) is 1. The molecule has 2 N–H and O–H groups in total. The lowest BCUT2D eigenvalue weighted by molar-refractivity contribution is -0.142. The minimum absolute atomic E-state index is 0.0227. The van der Waals surface area contributed by atoms with Crippen LogP contribution in [0.1, 0.15) is 52.5 Å². The highest BCUT2D eigenvalue weighted by molar-refractivity contribution is 5.97. The molecule has 48 heavy (non-hydrogen) atoms. The molecule has 1 saturated carbocycles. The van der Waals surface area contributed by atoms with Crippen molar-refractivity contribution >= 4 is 27.5 Å². The van der Waals surface area contributed by atoms with Crippen LogP contribution in [0.5, 0.6) is 11.8 Å². The molecule has 3 saturated heterocycles. The van der Waals surface area contributed by atoms with Crippen molar-refractivity contribution in [3.8, 4) is 29.8 Å². The number of benzene rings is 2. The highest BCUT2D eigenvalue weighted by Gasteiger charge is 2.45. The van der Waals surface area contributed by atoms with Gasteiger partial charge >= 0.3 is 12.2 Å². The van der Waals surface area contributed by atoms with Crippen LogP contribution in [0.15, 0.2) is 35.1 Å². The van der Waals surface area contributed by atoms with Gasteiger partial charge in [-0.05, 0) is 75.2 Å². The average Bonchev–Trinajstić information content (AvgIpc) is 3.54. The molecule has 2 bridgehead atoms. The molecule has 4 aromatic rings. The molecule has 5 heterocycles. The Morgan fingerprint density at radius 1 is 1.12 bits per heavy atom. The SMILES string of the molecule is [2H]C([2H])(Oc1nc(N2C[C@H]3CC[C@@H](C2)N3)c2cc(C(F)(F)F)n(-c3cc(O)cc4ccc(F)c(C#C)c34)c(=O)c2n1)C1(CN2CCCC2)CC1. The molecule has 0 spiro atoms. The average molecular weight is 665 g/mol. The van der Waals surface area contributed by atoms with E-state index in [-0.39, 0.29) is 39.6 Å². The maximum absolute atomic E-state index is 15.0. The molecule has 2 aromatic carbocycles. The first-order valence-electron chi connectivity index (χ1n) is 17.2. The number of terminal acetylenes is 1. The van der Waals surface area contributed by atoms with Crippen LogP contribution < -0.4 is 20.5 Å². The molecule has 2 atom stereocenters. The summed E-state index contributed by atoms with van der Waals surface area (Å²) in [6.45, 7) is 0.711. The first-order chi connectivity index (χ1) is 23.8. The molecule has 3 aliphatic heterocycles. The topological polar surface area (TPSA) is 95.8 Å². The monoisotopic (exact) mass is 664 g/mol. The van der Waals surface area contributed by atoms with Crippen molar-refractivity contribution < 1.29 is 30.1 Å². The van der Waals surface area contributed by atoms with Crippen molar-refractivity contribution in [3.05, 3.63) is 57.8 Å². The second-order valence-corrected chi connectivity index (χ2v) is 13.4. The van der Waals surface area contributed by atoms with Crippen LogP contribution >= 0.6 is 0 Å². The van der Waals surface area contributed by atoms with Crippen molar-refractivity contribution in [1.82, 2.24) is 24.8 Å². The van der Waals surface area contributed by atoms with Crippen molar-refractivity contribution in [2.24, 2.45) is 5.41 Å². The van der Waals surface area contributed by atoms with Gasteiger partial charge < -0.3 is 25.0 Å². The molecule has 0 radical (unpaired) electrons. The van der Waals surface area contributed by atoms with Gasteiger partial charge in [0, 0.05) is 48.6 Å². The van der Waals surface area contributed by atoms with E-state index in [0.29, 0.717) is 37.0 Å². The molecule has 2 aromatic heterocycles. The molecule has 4 fully saturated rings. The zero-order chi connectivity index (χ0) is 35.2. The number of aromatic hydroxyl groups is 1. The predicted octanol–water partition coefficient (Wildman–Crippen LogP) is 4.97. The van der Waals surface area contributed by atoms with Gasteiger partial charge in [0.2, 0.25) is 0 Å². The number of nitrogens with zero attached hydrogens (tertiary/aromatic N) is 5. The number of phenols is 1. The van der Waals surface area contributed by atoms with Crippen molar-refractivity contribution in [1.29, 1.82) is 0 Å². The molecule has 8 rings (SSSR count). The second kappa shape index (κ2) is 11.3. The quantitative estimate of drug-likeness (QED) is 0.211. The van der Waals surface area contributed by atoms with Crippen molar-refractivity contribution in [2.75, 3.05) is 44.2 Å². The third kappa shape index (κ3) is 5.41. The number of fused-ring (bicyclic) bond motifs is 4. The number of nitrogens with one attached hydrogen (secondary N) is 1. The molecule has 0 unspecified atom stereocenters. The summed E-state index contributed by atoms with van der Waals surface area (Å²) in [6.07, 6.45) is 5.39. The number of anilines is 1. The van der Waals surface area contributed by atoms with Crippen LogP contribution in [0.2, 0.25) is 0 Å². The Hall–Kier alpha value is -4.41. The zero-order valence-electron chi connectivity index (χ0n) is 27.9. The summed E-state index contributed by atoms with van der Waals surface area (Å²) < 4.78 is 84.4. The summed E-state index contributed by atoms with van der Waals surface area (Å²) in [7, 11) is 0. The lowest BCUT2D eigenvalue weighted by atomic mass is 10.0. The Bertz CT molecular complexity index is 2130. The summed E-state index contributed by atoms with van der Waals surface area (Å²) in [5.41, 5.74) is -4.84. The predicted molar refractivity (Wildman–Crippen MR) is 172 cm³/mol. The normalized spacial score (nSPS) is 22.9. The number of piperazine rings is 1. The maximum atomic E-state index is 15.0. The molecule has 0 amide bonds. The molecule has 1 aliphatic carbocycles. The number of aromatic nitrogens is 3. The van der Waals surface area contributed by atoms with E-state index in [4.69, 9.17) is 13.9 Å². The first kappa shape index (κ1) is 28.6. The number of ether oxygens (including phenoxy) is 1. The second-order valence-electron chi connectivity index (χ2n) is 13.4. The molecule has 250 valence electrons. The maximum Gasteiger partial charge on any atom is 0.431 e. The van der Waals surface area contributed by atoms with E-state index in [1.165, 1.54) is 12.1 Å². The van der Waals surface area contributed by atoms with Gasteiger partial charge in [0.05, 0.1) is 25.9 Å². The number of hydrogen-bond acceptors (Lipinski definition) is 8. The van der Waals surface area contributed by atoms with Crippen LogP contribution in [-0.2, 0) is 6.18 Å². The van der Waals surface area contributed by atoms with E-state index < -0.39 is 58.2 Å². The Morgan fingerprint density at radius 3 is 2.52 bits per heavy atom. The molecular formula is C35H34F4N6O3. The van der Waals surface area contributed by atoms with E-state index >= 15 is 13.2 Å². The number of halogens is 4. The van der Waals surface area contributed by atoms with E-state index in [0.717, 1.165) is 57.0 Å². The van der Waals surface area contributed by atoms with Crippen LogP contribution in [0.25, 0.3) is 27.4 Å². The summed E-state index contributed by atoms with van der Waals surface area (Å²) in [5.74, 6) is 0.821. The van der Waals surface area contributed by atoms with E-state index in [1.54, 1.807) is 4.90 Å². The lowest BCUT2D eigenvalue weighted by Crippen LogP contribution is -2.51. The van der Waals surface area contributed by atoms with Gasteiger partial charge in [0.15, 0.2) is 0 Å². The minimum Gasteiger partial charge on any atom is -0.508 e. The molecule has 13 heteroatoms. The van der Waals surface area contributed by atoms with Gasteiger partial charge in [-0.2, -0.15) is 23.1 Å². The third-order valence-electron chi connectivity index (χ3n) is 9.99. The Morgan fingerprint density at radius 2 is 1.85 bits per heavy atom. The summed E-state index contributed by atoms with van der Waals surface area (Å²) in [5, 5.41) is 13.8. The van der Waals surface area contributed by atoms with Crippen molar-refractivity contribution in [2.45, 2.75) is 56.8 Å². The largest absolute Gasteiger partial charge is 0.508 e. The van der Waals surface area contributed by atoms with E-state index in [2.05, 4.69) is 26.1 Å². The van der Waals surface area contributed by atoms with Crippen LogP contribution in [0.3, 0.4) is 0 Å². The molecule has 9 nitrogen and oxygen atoms in total. The van der Waals surface area contributed by atoms with Gasteiger partial charge in [-0.3, -0.25) is 9.36 Å². The fraction of sp³-hybridized carbons (Fsp3) is 0.457. The van der Waals surface area contributed by atoms with Gasteiger partial charge in [-0.25, -0.2) is 4.39 Å². The zero-order valence-corrected chi connectivity index (χ0v) is 25.9. The number of pyridine rings is 1. The number of phenolic OH excluding ortho intramolecular Hbond substituents is 1. The molecular weight excluding hydrogens is 628 g/mol. The fourth-order valence-electron chi connectivity index (χ4n) is 7.54. The Kier molecular flexibility index (Phi) is 6.76. The number of alkyl halides is 3.